The van der Waals surface area contributed by atoms with Gasteiger partial charge < -0.3 is 15.8 Å². The Morgan fingerprint density at radius 2 is 2.03 bits per heavy atom. The number of pyridine rings is 2. The molecule has 0 radical (unpaired) electrons. The minimum Gasteiger partial charge on any atom is -0.466 e. The third kappa shape index (κ3) is 6.95. The number of esters is 1. The number of benzene rings is 1. The maximum Gasteiger partial charge on any atom is 0.306 e. The minimum atomic E-state index is -0.250. The molecule has 1 aromatic carbocycles. The molecule has 0 amide bonds. The Hall–Kier alpha value is -3.45. The molecule has 0 saturated carbocycles. The number of ether oxygens (including phenoxy) is 1. The van der Waals surface area contributed by atoms with Crippen molar-refractivity contribution >= 4 is 17.3 Å². The zero-order chi connectivity index (χ0) is 28.2. The van der Waals surface area contributed by atoms with E-state index in [2.05, 4.69) is 67.2 Å². The van der Waals surface area contributed by atoms with Crippen LogP contribution in [0.5, 0.6) is 0 Å². The van der Waals surface area contributed by atoms with E-state index in [9.17, 15) is 4.79 Å². The zero-order valence-electron chi connectivity index (χ0n) is 24.3. The molecule has 7 nitrogen and oxygen atoms in total. The topological polar surface area (TPSA) is 93.4 Å². The number of fused-ring (bicyclic) bond motifs is 1. The highest BCUT2D eigenvalue weighted by Crippen LogP contribution is 2.41. The molecule has 3 aromatic rings. The molecular weight excluding hydrogens is 486 g/mol. The van der Waals surface area contributed by atoms with Gasteiger partial charge in [0.1, 0.15) is 0 Å². The second-order valence-corrected chi connectivity index (χ2v) is 11.7. The summed E-state index contributed by atoms with van der Waals surface area (Å²) in [6.07, 6.45) is 5.91. The lowest BCUT2D eigenvalue weighted by atomic mass is 9.88. The van der Waals surface area contributed by atoms with E-state index in [1.165, 1.54) is 16.7 Å². The number of carbonyl (C=O) groups excluding carboxylic acids is 1. The van der Waals surface area contributed by atoms with Crippen molar-refractivity contribution in [3.63, 3.8) is 0 Å². The first kappa shape index (κ1) is 28.6. The van der Waals surface area contributed by atoms with E-state index in [0.29, 0.717) is 12.3 Å². The van der Waals surface area contributed by atoms with Crippen molar-refractivity contribution in [3.8, 4) is 0 Å². The first-order chi connectivity index (χ1) is 18.6. The summed E-state index contributed by atoms with van der Waals surface area (Å²) in [5.41, 5.74) is 14.7. The summed E-state index contributed by atoms with van der Waals surface area (Å²) < 4.78 is 5.35. The molecule has 0 saturated heterocycles. The number of hydrogen-bond acceptors (Lipinski definition) is 7. The summed E-state index contributed by atoms with van der Waals surface area (Å²) in [6, 6.07) is 13.0. The van der Waals surface area contributed by atoms with Crippen LogP contribution in [0, 0.1) is 12.3 Å². The lowest BCUT2D eigenvalue weighted by Gasteiger charge is -2.35. The molecular formula is C32H43N5O2. The van der Waals surface area contributed by atoms with E-state index in [0.717, 1.165) is 48.6 Å². The van der Waals surface area contributed by atoms with Crippen LogP contribution >= 0.6 is 0 Å². The summed E-state index contributed by atoms with van der Waals surface area (Å²) in [7, 11) is 1.82. The predicted molar refractivity (Wildman–Crippen MR) is 158 cm³/mol. The molecule has 0 bridgehead atoms. The average molecular weight is 530 g/mol. The van der Waals surface area contributed by atoms with Crippen molar-refractivity contribution in [3.05, 3.63) is 82.4 Å². The number of nitrogens with zero attached hydrogens (tertiary/aromatic N) is 3. The summed E-state index contributed by atoms with van der Waals surface area (Å²) >= 11 is 0. The number of nitrogens with two attached hydrogens (primary N) is 1. The van der Waals surface area contributed by atoms with Gasteiger partial charge in [-0.05, 0) is 66.5 Å². The molecule has 0 fully saturated rings. The van der Waals surface area contributed by atoms with Crippen LogP contribution in [0.25, 0.3) is 0 Å². The number of aryl methyl sites for hydroxylation is 2. The Bertz CT molecular complexity index is 1300. The first-order valence-corrected chi connectivity index (χ1v) is 14.0. The van der Waals surface area contributed by atoms with Crippen LogP contribution in [0.3, 0.4) is 0 Å². The van der Waals surface area contributed by atoms with Gasteiger partial charge in [-0.2, -0.15) is 0 Å². The SMILES string of the molecule is CCOC(=O)CC(c1ccc2c(c1)C(N(Cc1cccnc1C)CC(C)(C)C)CC2)c1cc(N)c(NC)cn1. The van der Waals surface area contributed by atoms with Crippen LogP contribution in [0.15, 0.2) is 48.8 Å². The standard InChI is InChI=1S/C32H43N5O2/c1-7-39-31(38)16-25(28-17-27(33)29(34-6)18-36-28)23-11-10-22-12-13-30(26(22)15-23)37(20-32(3,4)5)19-24-9-8-14-35-21(24)2/h8-11,14-15,17-18,25,30,34H,7,12-13,16,19-20H2,1-6H3,(H2,33,36). The second kappa shape index (κ2) is 12.2. The van der Waals surface area contributed by atoms with Gasteiger partial charge in [0, 0.05) is 44.0 Å². The van der Waals surface area contributed by atoms with E-state index in [4.69, 9.17) is 15.5 Å². The van der Waals surface area contributed by atoms with Crippen LogP contribution in [0.2, 0.25) is 0 Å². The average Bonchev–Trinajstić information content (AvgIpc) is 3.31. The number of hydrogen-bond donors (Lipinski definition) is 2. The van der Waals surface area contributed by atoms with E-state index in [-0.39, 0.29) is 29.8 Å². The van der Waals surface area contributed by atoms with Gasteiger partial charge in [0.05, 0.1) is 36.3 Å². The highest BCUT2D eigenvalue weighted by molar-refractivity contribution is 5.72. The van der Waals surface area contributed by atoms with Crippen molar-refractivity contribution in [2.24, 2.45) is 5.41 Å². The van der Waals surface area contributed by atoms with Crippen molar-refractivity contribution in [1.82, 2.24) is 14.9 Å². The highest BCUT2D eigenvalue weighted by Gasteiger charge is 2.32. The van der Waals surface area contributed by atoms with Gasteiger partial charge in [-0.3, -0.25) is 19.7 Å². The van der Waals surface area contributed by atoms with E-state index >= 15 is 0 Å². The monoisotopic (exact) mass is 529 g/mol. The number of nitrogens with one attached hydrogen (secondary N) is 1. The predicted octanol–water partition coefficient (Wildman–Crippen LogP) is 6.03. The quantitative estimate of drug-likeness (QED) is 0.310. The molecule has 39 heavy (non-hydrogen) atoms. The zero-order valence-corrected chi connectivity index (χ0v) is 24.3. The summed E-state index contributed by atoms with van der Waals surface area (Å²) in [4.78, 5) is 24.5. The van der Waals surface area contributed by atoms with Crippen molar-refractivity contribution in [2.75, 3.05) is 31.2 Å². The Labute approximate surface area is 233 Å². The minimum absolute atomic E-state index is 0.138. The van der Waals surface area contributed by atoms with Crippen molar-refractivity contribution in [2.45, 2.75) is 72.4 Å². The van der Waals surface area contributed by atoms with E-state index < -0.39 is 0 Å². The fourth-order valence-corrected chi connectivity index (χ4v) is 5.65. The third-order valence-corrected chi connectivity index (χ3v) is 7.49. The van der Waals surface area contributed by atoms with Gasteiger partial charge in [0.25, 0.3) is 0 Å². The number of carbonyl (C=O) groups is 1. The Balaban J connectivity index is 1.73. The molecule has 2 heterocycles. The van der Waals surface area contributed by atoms with Gasteiger partial charge >= 0.3 is 5.97 Å². The van der Waals surface area contributed by atoms with Gasteiger partial charge in [0.2, 0.25) is 0 Å². The molecule has 2 unspecified atom stereocenters. The van der Waals surface area contributed by atoms with E-state index in [1.807, 2.05) is 32.3 Å². The van der Waals surface area contributed by atoms with Crippen LogP contribution < -0.4 is 11.1 Å². The van der Waals surface area contributed by atoms with Crippen LogP contribution in [0.4, 0.5) is 11.4 Å². The molecule has 4 rings (SSSR count). The van der Waals surface area contributed by atoms with Crippen molar-refractivity contribution in [1.29, 1.82) is 0 Å². The Morgan fingerprint density at radius 1 is 1.23 bits per heavy atom. The summed E-state index contributed by atoms with van der Waals surface area (Å²) in [5.74, 6) is -0.487. The third-order valence-electron chi connectivity index (χ3n) is 7.49. The molecule has 1 aliphatic rings. The fourth-order valence-electron chi connectivity index (χ4n) is 5.65. The number of rotatable bonds is 10. The van der Waals surface area contributed by atoms with Gasteiger partial charge in [-0.15, -0.1) is 0 Å². The van der Waals surface area contributed by atoms with Crippen LogP contribution in [-0.2, 0) is 22.5 Å². The first-order valence-electron chi connectivity index (χ1n) is 14.0. The van der Waals surface area contributed by atoms with Gasteiger partial charge in [0.15, 0.2) is 0 Å². The van der Waals surface area contributed by atoms with Gasteiger partial charge in [-0.1, -0.05) is 45.0 Å². The molecule has 7 heteroatoms. The molecule has 0 aliphatic heterocycles. The number of nitrogen functional groups attached to an aromatic ring is 1. The molecule has 1 aliphatic carbocycles. The smallest absolute Gasteiger partial charge is 0.306 e. The molecule has 0 spiro atoms. The molecule has 3 N–H and O–H groups in total. The largest absolute Gasteiger partial charge is 0.466 e. The molecule has 2 aromatic heterocycles. The Kier molecular flexibility index (Phi) is 8.90. The molecule has 208 valence electrons. The lowest BCUT2D eigenvalue weighted by molar-refractivity contribution is -0.143. The van der Waals surface area contributed by atoms with E-state index in [1.54, 1.807) is 6.20 Å². The summed E-state index contributed by atoms with van der Waals surface area (Å²) in [5, 5.41) is 3.07. The Morgan fingerprint density at radius 3 is 2.69 bits per heavy atom. The van der Waals surface area contributed by atoms with Crippen LogP contribution in [-0.4, -0.2) is 41.0 Å². The van der Waals surface area contributed by atoms with Crippen molar-refractivity contribution < 1.29 is 9.53 Å². The van der Waals surface area contributed by atoms with Crippen LogP contribution in [0.1, 0.15) is 86.1 Å². The second-order valence-electron chi connectivity index (χ2n) is 11.7. The normalized spacial score (nSPS) is 15.7. The maximum atomic E-state index is 12.7. The molecule has 2 atom stereocenters. The number of anilines is 2. The number of aromatic nitrogens is 2. The lowest BCUT2D eigenvalue weighted by Crippen LogP contribution is -2.35. The summed E-state index contributed by atoms with van der Waals surface area (Å²) in [6.45, 7) is 13.0. The maximum absolute atomic E-state index is 12.7. The van der Waals surface area contributed by atoms with Gasteiger partial charge in [-0.25, -0.2) is 0 Å². The highest BCUT2D eigenvalue weighted by atomic mass is 16.5. The fraction of sp³-hybridized carbons (Fsp3) is 0.469.